The number of benzene rings is 3. The number of Topliss-reactive ketones (excluding diaryl/α,β-unsaturated/α-hetero) is 1. The first kappa shape index (κ1) is 37.4. The molecule has 0 bridgehead atoms. The summed E-state index contributed by atoms with van der Waals surface area (Å²) in [6, 6.07) is 16.2. The van der Waals surface area contributed by atoms with Gasteiger partial charge in [0.05, 0.1) is 38.5 Å². The first-order chi connectivity index (χ1) is 24.4. The van der Waals surface area contributed by atoms with Crippen molar-refractivity contribution >= 4 is 71.4 Å². The van der Waals surface area contributed by atoms with Crippen molar-refractivity contribution in [1.82, 2.24) is 4.72 Å². The highest BCUT2D eigenvalue weighted by Crippen LogP contribution is 2.50. The summed E-state index contributed by atoms with van der Waals surface area (Å²) >= 11 is 4.67. The van der Waals surface area contributed by atoms with Crippen LogP contribution in [-0.4, -0.2) is 78.5 Å². The fraction of sp³-hybridized carbons (Fsp3) is 0.324. The van der Waals surface area contributed by atoms with Gasteiger partial charge in [-0.2, -0.15) is 26.1 Å². The maximum absolute atomic E-state index is 14.0. The van der Waals surface area contributed by atoms with Crippen LogP contribution in [-0.2, 0) is 36.0 Å². The van der Waals surface area contributed by atoms with E-state index in [4.69, 9.17) is 0 Å². The van der Waals surface area contributed by atoms with Crippen LogP contribution in [0.5, 0.6) is 0 Å². The molecule has 0 aromatic heterocycles. The van der Waals surface area contributed by atoms with Crippen LogP contribution < -0.4 is 9.62 Å². The van der Waals surface area contributed by atoms with E-state index in [0.717, 1.165) is 22.0 Å². The maximum Gasteiger partial charge on any atom is 0.333 e. The quantitative estimate of drug-likeness (QED) is 0.0445. The first-order valence-electron chi connectivity index (χ1n) is 16.6. The molecule has 0 fully saturated rings. The summed E-state index contributed by atoms with van der Waals surface area (Å²) in [5.74, 6) is -0.607. The van der Waals surface area contributed by atoms with Crippen molar-refractivity contribution < 1.29 is 40.4 Å². The molecule has 6 rings (SSSR count). The molecule has 1 aliphatic carbocycles. The van der Waals surface area contributed by atoms with Crippen LogP contribution in [0.1, 0.15) is 51.7 Å². The number of thiocarbonyl (C=S) groups is 1. The van der Waals surface area contributed by atoms with Crippen LogP contribution >= 0.6 is 12.2 Å². The third-order valence-electron chi connectivity index (χ3n) is 10.1. The SMILES string of the molecule is CC1(C)C(=CC2=C(O)C(=CC3=[N+](CCNS(=O)(=O)O)c4c(ccc5ccccc45)C3(C)C)C2=O)N(CCCCN=C=S)c2ccc(S(=O)(=O)O)cc21. The van der Waals surface area contributed by atoms with E-state index in [1.807, 2.05) is 73.6 Å². The average Bonchev–Trinajstić information content (AvgIpc) is 3.42. The van der Waals surface area contributed by atoms with Gasteiger partial charge in [0.25, 0.3) is 10.1 Å². The number of isothiocyanates is 1. The molecule has 3 aromatic rings. The number of nitrogens with zero attached hydrogens (tertiary/aromatic N) is 3. The van der Waals surface area contributed by atoms with Crippen molar-refractivity contribution in [3.8, 4) is 0 Å². The zero-order valence-electron chi connectivity index (χ0n) is 29.0. The van der Waals surface area contributed by atoms with Gasteiger partial charge in [-0.05, 0) is 80.2 Å². The molecule has 12 nitrogen and oxygen atoms in total. The highest BCUT2D eigenvalue weighted by Gasteiger charge is 2.48. The molecule has 15 heteroatoms. The molecule has 0 spiro atoms. The monoisotopic (exact) mass is 763 g/mol. The van der Waals surface area contributed by atoms with Gasteiger partial charge in [-0.3, -0.25) is 13.9 Å². The Morgan fingerprint density at radius 2 is 1.69 bits per heavy atom. The van der Waals surface area contributed by atoms with Crippen molar-refractivity contribution in [2.75, 3.05) is 31.1 Å². The fourth-order valence-electron chi connectivity index (χ4n) is 7.43. The lowest BCUT2D eigenvalue weighted by Gasteiger charge is -2.29. The fourth-order valence-corrected chi connectivity index (χ4v) is 8.38. The van der Waals surface area contributed by atoms with Gasteiger partial charge < -0.3 is 10.0 Å². The zero-order chi connectivity index (χ0) is 37.8. The van der Waals surface area contributed by atoms with Crippen LogP contribution in [0.15, 0.2) is 99.2 Å². The average molecular weight is 764 g/mol. The number of hydrogen-bond acceptors (Lipinski definition) is 9. The number of rotatable bonds is 12. The van der Waals surface area contributed by atoms with E-state index in [2.05, 4.69) is 27.1 Å². The van der Waals surface area contributed by atoms with Gasteiger partial charge in [0.1, 0.15) is 5.76 Å². The van der Waals surface area contributed by atoms with Gasteiger partial charge in [-0.25, -0.2) is 4.99 Å². The molecule has 2 aliphatic heterocycles. The molecule has 272 valence electrons. The summed E-state index contributed by atoms with van der Waals surface area (Å²) in [4.78, 5) is 19.7. The number of hydrogen-bond donors (Lipinski definition) is 4. The Balaban J connectivity index is 1.44. The van der Waals surface area contributed by atoms with E-state index in [1.165, 1.54) is 12.1 Å². The van der Waals surface area contributed by atoms with Gasteiger partial charge in [-0.1, -0.05) is 44.2 Å². The minimum atomic E-state index is -4.48. The number of nitrogens with one attached hydrogen (secondary N) is 1. The summed E-state index contributed by atoms with van der Waals surface area (Å²) in [5, 5.41) is 15.8. The number of aliphatic hydroxyl groups excluding tert-OH is 1. The third kappa shape index (κ3) is 6.69. The predicted molar refractivity (Wildman–Crippen MR) is 203 cm³/mol. The van der Waals surface area contributed by atoms with Gasteiger partial charge in [0, 0.05) is 41.5 Å². The summed E-state index contributed by atoms with van der Waals surface area (Å²) in [5.41, 5.74) is 3.15. The lowest BCUT2D eigenvalue weighted by Crippen LogP contribution is -2.34. The Kier molecular flexibility index (Phi) is 9.77. The van der Waals surface area contributed by atoms with E-state index in [1.54, 1.807) is 18.2 Å². The predicted octanol–water partition coefficient (Wildman–Crippen LogP) is 5.74. The largest absolute Gasteiger partial charge is 0.506 e. The second kappa shape index (κ2) is 13.6. The summed E-state index contributed by atoms with van der Waals surface area (Å²) in [6.07, 6.45) is 4.66. The molecule has 2 heterocycles. The molecule has 0 saturated carbocycles. The molecule has 0 saturated heterocycles. The molecule has 0 radical (unpaired) electrons. The van der Waals surface area contributed by atoms with Gasteiger partial charge in [0.2, 0.25) is 11.5 Å². The number of unbranched alkanes of at least 4 members (excludes halogenated alkanes) is 1. The number of aliphatic hydroxyl groups is 1. The standard InChI is InChI=1S/C37H38N4O8S3/c1-36(2)28-13-11-23-9-5-6-10-25(23)33(28)41(18-16-39-52(47,48)49)32(36)21-27-34(42)26(35(27)43)20-31-37(3,4)29-19-24(51(44,45)46)12-14-30(29)40(31)17-8-7-15-38-22-50/h5-6,9-14,19-21,39H,7-8,15-18H2,1-4H3,(H2-,42,43,44,45,46,47,48,49)/p+1. The molecular formula is C37H39N4O8S3+. The highest BCUT2D eigenvalue weighted by molar-refractivity contribution is 7.85. The minimum absolute atomic E-state index is 0.0892. The molecule has 52 heavy (non-hydrogen) atoms. The number of fused-ring (bicyclic) bond motifs is 4. The smallest absolute Gasteiger partial charge is 0.333 e. The van der Waals surface area contributed by atoms with Crippen molar-refractivity contribution in [2.24, 2.45) is 4.99 Å². The Morgan fingerprint density at radius 3 is 2.37 bits per heavy atom. The topological polar surface area (TPSA) is 177 Å². The van der Waals surface area contributed by atoms with E-state index < -0.39 is 37.0 Å². The number of carbonyl (C=O) groups is 1. The van der Waals surface area contributed by atoms with Crippen LogP contribution in [0.4, 0.5) is 11.4 Å². The molecule has 3 aliphatic rings. The molecular weight excluding hydrogens is 725 g/mol. The first-order valence-corrected chi connectivity index (χ1v) is 19.9. The van der Waals surface area contributed by atoms with Crippen molar-refractivity contribution in [3.63, 3.8) is 0 Å². The van der Waals surface area contributed by atoms with Crippen LogP contribution in [0.3, 0.4) is 0 Å². The second-order valence-electron chi connectivity index (χ2n) is 14.0. The Hall–Kier alpha value is -4.34. The van der Waals surface area contributed by atoms with E-state index in [-0.39, 0.29) is 34.9 Å². The normalized spacial score (nSPS) is 19.3. The van der Waals surface area contributed by atoms with Gasteiger partial charge in [-0.15, -0.1) is 0 Å². The van der Waals surface area contributed by atoms with Gasteiger partial charge in [0.15, 0.2) is 12.3 Å². The Labute approximate surface area is 308 Å². The molecule has 0 amide bonds. The van der Waals surface area contributed by atoms with E-state index in [9.17, 15) is 35.8 Å². The van der Waals surface area contributed by atoms with Crippen molar-refractivity contribution in [2.45, 2.75) is 56.3 Å². The minimum Gasteiger partial charge on any atom is -0.506 e. The zero-order valence-corrected chi connectivity index (χ0v) is 31.5. The van der Waals surface area contributed by atoms with Crippen LogP contribution in [0, 0.1) is 0 Å². The molecule has 4 N–H and O–H groups in total. The molecule has 3 aromatic carbocycles. The van der Waals surface area contributed by atoms with E-state index >= 15 is 0 Å². The van der Waals surface area contributed by atoms with E-state index in [0.29, 0.717) is 48.6 Å². The number of carbonyl (C=O) groups excluding carboxylic acids is 1. The third-order valence-corrected chi connectivity index (χ3v) is 11.6. The maximum atomic E-state index is 14.0. The highest BCUT2D eigenvalue weighted by atomic mass is 32.2. The lowest BCUT2D eigenvalue weighted by molar-refractivity contribution is -0.433. The van der Waals surface area contributed by atoms with Gasteiger partial charge >= 0.3 is 10.3 Å². The molecule has 0 atom stereocenters. The van der Waals surface area contributed by atoms with Crippen molar-refractivity contribution in [3.05, 3.63) is 100 Å². The van der Waals surface area contributed by atoms with Crippen LogP contribution in [0.25, 0.3) is 10.8 Å². The number of allylic oxidation sites excluding steroid dienone is 5. The number of aliphatic imine (C=N–C) groups is 1. The second-order valence-corrected chi connectivity index (χ2v) is 16.8. The number of anilines is 1. The summed E-state index contributed by atoms with van der Waals surface area (Å²) in [7, 11) is -8.94. The summed E-state index contributed by atoms with van der Waals surface area (Å²) < 4.78 is 70.4. The summed E-state index contributed by atoms with van der Waals surface area (Å²) in [6.45, 7) is 8.74. The lowest BCUT2D eigenvalue weighted by atomic mass is 9.77. The Bertz CT molecular complexity index is 2440. The van der Waals surface area contributed by atoms with Crippen molar-refractivity contribution in [1.29, 1.82) is 0 Å². The molecule has 0 unspecified atom stereocenters. The Morgan fingerprint density at radius 1 is 0.962 bits per heavy atom. The number of ketones is 1. The van der Waals surface area contributed by atoms with Crippen LogP contribution in [0.2, 0.25) is 0 Å².